The zero-order valence-corrected chi connectivity index (χ0v) is 14.5. The van der Waals surface area contributed by atoms with E-state index in [2.05, 4.69) is 25.1 Å². The van der Waals surface area contributed by atoms with Crippen LogP contribution in [0.5, 0.6) is 0 Å². The average Bonchev–Trinajstić information content (AvgIpc) is 3.42. The fourth-order valence-electron chi connectivity index (χ4n) is 4.29. The lowest BCUT2D eigenvalue weighted by molar-refractivity contribution is -0.151. The Hall–Kier alpha value is -1.84. The van der Waals surface area contributed by atoms with Gasteiger partial charge in [-0.25, -0.2) is 0 Å². The number of carbonyl (C=O) groups is 2. The van der Waals surface area contributed by atoms with Crippen molar-refractivity contribution in [1.82, 2.24) is 9.80 Å². The standard InChI is InChI=1S/C20H26N2O2/c1-15-5-4-11-21(13-15)18(23)20(9-10-20)19(24)22-12-8-16-6-2-3-7-17(16)14-22/h2-3,6-7,15H,4-5,8-14H2,1H3. The van der Waals surface area contributed by atoms with Crippen LogP contribution in [0.15, 0.2) is 24.3 Å². The summed E-state index contributed by atoms with van der Waals surface area (Å²) in [6.45, 7) is 5.22. The van der Waals surface area contributed by atoms with Crippen molar-refractivity contribution >= 4 is 11.8 Å². The normalized spacial score (nSPS) is 25.1. The maximum absolute atomic E-state index is 13.1. The molecule has 0 N–H and O–H groups in total. The summed E-state index contributed by atoms with van der Waals surface area (Å²) < 4.78 is 0. The first-order chi connectivity index (χ1) is 11.6. The van der Waals surface area contributed by atoms with Crippen molar-refractivity contribution in [3.63, 3.8) is 0 Å². The molecule has 0 spiro atoms. The number of hydrogen-bond donors (Lipinski definition) is 0. The molecule has 4 rings (SSSR count). The van der Waals surface area contributed by atoms with E-state index in [1.54, 1.807) is 0 Å². The lowest BCUT2D eigenvalue weighted by atomic mass is 9.94. The van der Waals surface area contributed by atoms with E-state index in [0.29, 0.717) is 12.5 Å². The zero-order valence-electron chi connectivity index (χ0n) is 14.5. The van der Waals surface area contributed by atoms with Crippen LogP contribution in [0.25, 0.3) is 0 Å². The first-order valence-electron chi connectivity index (χ1n) is 9.26. The Kier molecular flexibility index (Phi) is 3.86. The summed E-state index contributed by atoms with van der Waals surface area (Å²) in [5.41, 5.74) is 1.83. The SMILES string of the molecule is CC1CCCN(C(=O)C2(C(=O)N3CCc4ccccc4C3)CC2)C1. The molecule has 24 heavy (non-hydrogen) atoms. The number of fused-ring (bicyclic) bond motifs is 1. The van der Waals surface area contributed by atoms with E-state index in [1.807, 2.05) is 15.9 Å². The molecule has 1 aliphatic carbocycles. The van der Waals surface area contributed by atoms with Gasteiger partial charge < -0.3 is 9.80 Å². The molecule has 1 saturated heterocycles. The van der Waals surface area contributed by atoms with Gasteiger partial charge >= 0.3 is 0 Å². The van der Waals surface area contributed by atoms with Gasteiger partial charge in [-0.1, -0.05) is 31.2 Å². The molecule has 1 aromatic rings. The van der Waals surface area contributed by atoms with E-state index in [-0.39, 0.29) is 11.8 Å². The van der Waals surface area contributed by atoms with Crippen LogP contribution in [-0.4, -0.2) is 41.2 Å². The van der Waals surface area contributed by atoms with Crippen molar-refractivity contribution in [1.29, 1.82) is 0 Å². The molecule has 1 atom stereocenters. The van der Waals surface area contributed by atoms with E-state index in [1.165, 1.54) is 17.5 Å². The van der Waals surface area contributed by atoms with Crippen LogP contribution in [-0.2, 0) is 22.6 Å². The molecule has 1 unspecified atom stereocenters. The van der Waals surface area contributed by atoms with Crippen LogP contribution in [0.2, 0.25) is 0 Å². The first kappa shape index (κ1) is 15.7. The number of piperidine rings is 1. The predicted molar refractivity (Wildman–Crippen MR) is 92.2 cm³/mol. The molecule has 4 nitrogen and oxygen atoms in total. The van der Waals surface area contributed by atoms with E-state index in [0.717, 1.165) is 45.3 Å². The average molecular weight is 326 g/mol. The van der Waals surface area contributed by atoms with Crippen molar-refractivity contribution in [2.75, 3.05) is 19.6 Å². The molecule has 0 aromatic heterocycles. The number of nitrogens with zero attached hydrogens (tertiary/aromatic N) is 2. The Morgan fingerprint density at radius 3 is 2.46 bits per heavy atom. The summed E-state index contributed by atoms with van der Waals surface area (Å²) in [5.74, 6) is 0.716. The highest BCUT2D eigenvalue weighted by molar-refractivity contribution is 6.07. The Balaban J connectivity index is 1.49. The molecule has 0 radical (unpaired) electrons. The molecule has 1 aromatic carbocycles. The lowest BCUT2D eigenvalue weighted by Crippen LogP contribution is -2.50. The van der Waals surface area contributed by atoms with Crippen LogP contribution in [0.3, 0.4) is 0 Å². The third kappa shape index (κ3) is 2.62. The van der Waals surface area contributed by atoms with Crippen molar-refractivity contribution in [3.05, 3.63) is 35.4 Å². The predicted octanol–water partition coefficient (Wildman–Crippen LogP) is 2.61. The fourth-order valence-corrected chi connectivity index (χ4v) is 4.29. The summed E-state index contributed by atoms with van der Waals surface area (Å²) in [6, 6.07) is 8.33. The van der Waals surface area contributed by atoms with Crippen molar-refractivity contribution in [2.24, 2.45) is 11.3 Å². The number of hydrogen-bond acceptors (Lipinski definition) is 2. The molecule has 2 amide bonds. The van der Waals surface area contributed by atoms with Gasteiger partial charge in [0, 0.05) is 26.2 Å². The van der Waals surface area contributed by atoms with Crippen LogP contribution in [0.1, 0.15) is 43.7 Å². The lowest BCUT2D eigenvalue weighted by Gasteiger charge is -2.36. The molecule has 2 heterocycles. The van der Waals surface area contributed by atoms with Crippen LogP contribution < -0.4 is 0 Å². The van der Waals surface area contributed by atoms with Gasteiger partial charge in [-0.05, 0) is 49.1 Å². The largest absolute Gasteiger partial charge is 0.342 e. The Morgan fingerprint density at radius 1 is 1.04 bits per heavy atom. The molecule has 1 saturated carbocycles. The minimum absolute atomic E-state index is 0.0697. The van der Waals surface area contributed by atoms with Crippen molar-refractivity contribution < 1.29 is 9.59 Å². The van der Waals surface area contributed by atoms with Crippen LogP contribution in [0, 0.1) is 11.3 Å². The fraction of sp³-hybridized carbons (Fsp3) is 0.600. The second kappa shape index (κ2) is 5.91. The van der Waals surface area contributed by atoms with Crippen molar-refractivity contribution in [2.45, 2.75) is 45.6 Å². The third-order valence-electron chi connectivity index (χ3n) is 5.93. The number of amides is 2. The summed E-state index contributed by atoms with van der Waals surface area (Å²) in [7, 11) is 0. The molecule has 0 bridgehead atoms. The minimum atomic E-state index is -0.733. The number of benzene rings is 1. The van der Waals surface area contributed by atoms with Crippen LogP contribution >= 0.6 is 0 Å². The van der Waals surface area contributed by atoms with Gasteiger partial charge in [-0.2, -0.15) is 0 Å². The van der Waals surface area contributed by atoms with Gasteiger partial charge in [-0.15, -0.1) is 0 Å². The van der Waals surface area contributed by atoms with Crippen LogP contribution in [0.4, 0.5) is 0 Å². The molecular weight excluding hydrogens is 300 g/mol. The van der Waals surface area contributed by atoms with E-state index >= 15 is 0 Å². The topological polar surface area (TPSA) is 40.6 Å². The number of carbonyl (C=O) groups excluding carboxylic acids is 2. The van der Waals surface area contributed by atoms with Gasteiger partial charge in [0.1, 0.15) is 5.41 Å². The van der Waals surface area contributed by atoms with Crippen molar-refractivity contribution in [3.8, 4) is 0 Å². The van der Waals surface area contributed by atoms with Gasteiger partial charge in [0.05, 0.1) is 0 Å². The summed E-state index contributed by atoms with van der Waals surface area (Å²) >= 11 is 0. The zero-order chi connectivity index (χ0) is 16.7. The molecule has 4 heteroatoms. The quantitative estimate of drug-likeness (QED) is 0.784. The van der Waals surface area contributed by atoms with E-state index in [4.69, 9.17) is 0 Å². The highest BCUT2D eigenvalue weighted by Crippen LogP contribution is 2.49. The molecule has 128 valence electrons. The monoisotopic (exact) mass is 326 g/mol. The van der Waals surface area contributed by atoms with E-state index < -0.39 is 5.41 Å². The second-order valence-electron chi connectivity index (χ2n) is 7.83. The summed E-state index contributed by atoms with van der Waals surface area (Å²) in [5, 5.41) is 0. The Bertz CT molecular complexity index is 665. The maximum atomic E-state index is 13.1. The van der Waals surface area contributed by atoms with Gasteiger partial charge in [0.25, 0.3) is 0 Å². The maximum Gasteiger partial charge on any atom is 0.238 e. The molecular formula is C20H26N2O2. The Morgan fingerprint density at radius 2 is 1.75 bits per heavy atom. The second-order valence-corrected chi connectivity index (χ2v) is 7.83. The highest BCUT2D eigenvalue weighted by Gasteiger charge is 2.59. The first-order valence-corrected chi connectivity index (χ1v) is 9.26. The Labute approximate surface area is 143 Å². The van der Waals surface area contributed by atoms with Gasteiger partial charge in [-0.3, -0.25) is 9.59 Å². The third-order valence-corrected chi connectivity index (χ3v) is 5.93. The number of likely N-dealkylation sites (tertiary alicyclic amines) is 1. The minimum Gasteiger partial charge on any atom is -0.342 e. The number of rotatable bonds is 2. The van der Waals surface area contributed by atoms with Gasteiger partial charge in [0.2, 0.25) is 11.8 Å². The highest BCUT2D eigenvalue weighted by atomic mass is 16.2. The molecule has 2 aliphatic heterocycles. The molecule has 3 aliphatic rings. The summed E-state index contributed by atoms with van der Waals surface area (Å²) in [4.78, 5) is 30.0. The van der Waals surface area contributed by atoms with Gasteiger partial charge in [0.15, 0.2) is 0 Å². The van der Waals surface area contributed by atoms with E-state index in [9.17, 15) is 9.59 Å². The summed E-state index contributed by atoms with van der Waals surface area (Å²) in [6.07, 6.45) is 4.61. The molecule has 2 fully saturated rings. The smallest absolute Gasteiger partial charge is 0.238 e.